The van der Waals surface area contributed by atoms with Crippen molar-refractivity contribution in [3.8, 4) is 11.5 Å². The van der Waals surface area contributed by atoms with Crippen LogP contribution in [0.5, 0.6) is 11.5 Å². The van der Waals surface area contributed by atoms with Gasteiger partial charge >= 0.3 is 5.97 Å². The van der Waals surface area contributed by atoms with Crippen LogP contribution >= 0.6 is 0 Å². The molecule has 0 bridgehead atoms. The standard InChI is InChI=1S/C21H20O5/c1-3-15-4-8-17(9-5-15)21(23)14(2)26-20(22)11-7-16-6-10-18-19(12-16)25-13-24-18/h4-12,14H,3,13H2,1-2H3/b11-7+/t14-/m1/s1. The van der Waals surface area contributed by atoms with Crippen LogP contribution in [0.25, 0.3) is 6.08 Å². The molecule has 134 valence electrons. The molecule has 2 aromatic carbocycles. The highest BCUT2D eigenvalue weighted by Crippen LogP contribution is 2.32. The third-order valence-electron chi connectivity index (χ3n) is 4.12. The quantitative estimate of drug-likeness (QED) is 0.449. The number of Topliss-reactive ketones (excluding diaryl/α,β-unsaturated/α-hetero) is 1. The molecule has 0 aliphatic carbocycles. The van der Waals surface area contributed by atoms with Crippen molar-refractivity contribution in [2.75, 3.05) is 6.79 Å². The number of carbonyl (C=O) groups excluding carboxylic acids is 2. The monoisotopic (exact) mass is 352 g/mol. The van der Waals surface area contributed by atoms with Crippen LogP contribution in [0.4, 0.5) is 0 Å². The molecule has 3 rings (SSSR count). The van der Waals surface area contributed by atoms with Gasteiger partial charge in [0.15, 0.2) is 17.6 Å². The molecule has 0 fully saturated rings. The zero-order chi connectivity index (χ0) is 18.5. The fourth-order valence-corrected chi connectivity index (χ4v) is 2.59. The normalized spacial score (nSPS) is 13.6. The average molecular weight is 352 g/mol. The van der Waals surface area contributed by atoms with Crippen LogP contribution < -0.4 is 9.47 Å². The summed E-state index contributed by atoms with van der Waals surface area (Å²) in [5, 5.41) is 0. The Balaban J connectivity index is 1.58. The minimum atomic E-state index is -0.851. The minimum Gasteiger partial charge on any atom is -0.454 e. The van der Waals surface area contributed by atoms with E-state index in [1.54, 1.807) is 43.3 Å². The summed E-state index contributed by atoms with van der Waals surface area (Å²) in [6, 6.07) is 12.7. The molecule has 1 aliphatic rings. The molecule has 2 aromatic rings. The van der Waals surface area contributed by atoms with Crippen LogP contribution in [0.3, 0.4) is 0 Å². The van der Waals surface area contributed by atoms with E-state index in [2.05, 4.69) is 0 Å². The van der Waals surface area contributed by atoms with Gasteiger partial charge in [0.25, 0.3) is 0 Å². The van der Waals surface area contributed by atoms with Gasteiger partial charge in [-0.3, -0.25) is 4.79 Å². The third kappa shape index (κ3) is 4.11. The number of carbonyl (C=O) groups is 2. The Kier molecular flexibility index (Phi) is 5.37. The lowest BCUT2D eigenvalue weighted by Crippen LogP contribution is -2.23. The second kappa shape index (κ2) is 7.87. The number of ether oxygens (including phenoxy) is 3. The number of fused-ring (bicyclic) bond motifs is 1. The second-order valence-corrected chi connectivity index (χ2v) is 5.94. The maximum Gasteiger partial charge on any atom is 0.331 e. The van der Waals surface area contributed by atoms with Crippen LogP contribution in [0.1, 0.15) is 35.3 Å². The maximum atomic E-state index is 12.4. The molecular formula is C21H20O5. The van der Waals surface area contributed by atoms with Crippen molar-refractivity contribution in [3.05, 3.63) is 65.2 Å². The Morgan fingerprint density at radius 2 is 1.85 bits per heavy atom. The maximum absolute atomic E-state index is 12.4. The number of benzene rings is 2. The van der Waals surface area contributed by atoms with Crippen molar-refractivity contribution in [1.82, 2.24) is 0 Å². The summed E-state index contributed by atoms with van der Waals surface area (Å²) < 4.78 is 15.7. The lowest BCUT2D eigenvalue weighted by atomic mass is 10.0. The Bertz CT molecular complexity index is 836. The SMILES string of the molecule is CCc1ccc(C(=O)[C@@H](C)OC(=O)/C=C/c2ccc3c(c2)OCO3)cc1. The van der Waals surface area contributed by atoms with E-state index in [0.29, 0.717) is 17.1 Å². The second-order valence-electron chi connectivity index (χ2n) is 5.94. The van der Waals surface area contributed by atoms with Gasteiger partial charge in [0.05, 0.1) is 0 Å². The summed E-state index contributed by atoms with van der Waals surface area (Å²) in [7, 11) is 0. The molecule has 1 atom stereocenters. The summed E-state index contributed by atoms with van der Waals surface area (Å²) in [6.07, 6.45) is 2.96. The summed E-state index contributed by atoms with van der Waals surface area (Å²) in [6.45, 7) is 3.82. The van der Waals surface area contributed by atoms with Gasteiger partial charge in [-0.1, -0.05) is 37.3 Å². The van der Waals surface area contributed by atoms with Gasteiger partial charge in [-0.15, -0.1) is 0 Å². The fraction of sp³-hybridized carbons (Fsp3) is 0.238. The van der Waals surface area contributed by atoms with E-state index in [0.717, 1.165) is 17.5 Å². The molecule has 0 unspecified atom stereocenters. The Labute approximate surface area is 152 Å². The smallest absolute Gasteiger partial charge is 0.331 e. The van der Waals surface area contributed by atoms with Gasteiger partial charge in [0, 0.05) is 11.6 Å². The lowest BCUT2D eigenvalue weighted by Gasteiger charge is -2.11. The van der Waals surface area contributed by atoms with Crippen molar-refractivity contribution in [1.29, 1.82) is 0 Å². The molecule has 0 N–H and O–H groups in total. The molecule has 0 saturated carbocycles. The Morgan fingerprint density at radius 1 is 1.12 bits per heavy atom. The highest BCUT2D eigenvalue weighted by molar-refractivity contribution is 6.01. The highest BCUT2D eigenvalue weighted by atomic mass is 16.7. The van der Waals surface area contributed by atoms with Gasteiger partial charge in [0.1, 0.15) is 0 Å². The molecular weight excluding hydrogens is 332 g/mol. The van der Waals surface area contributed by atoms with E-state index >= 15 is 0 Å². The molecule has 26 heavy (non-hydrogen) atoms. The van der Waals surface area contributed by atoms with Gasteiger partial charge in [0.2, 0.25) is 12.6 Å². The van der Waals surface area contributed by atoms with Crippen molar-refractivity contribution in [2.45, 2.75) is 26.4 Å². The molecule has 0 aromatic heterocycles. The van der Waals surface area contributed by atoms with E-state index in [-0.39, 0.29) is 12.6 Å². The van der Waals surface area contributed by atoms with Gasteiger partial charge < -0.3 is 14.2 Å². The number of aryl methyl sites for hydroxylation is 1. The topological polar surface area (TPSA) is 61.8 Å². The van der Waals surface area contributed by atoms with E-state index in [1.807, 2.05) is 19.1 Å². The predicted molar refractivity (Wildman–Crippen MR) is 97.3 cm³/mol. The molecule has 5 heteroatoms. The van der Waals surface area contributed by atoms with Crippen LogP contribution in [0, 0.1) is 0 Å². The van der Waals surface area contributed by atoms with Crippen LogP contribution in [0.15, 0.2) is 48.5 Å². The Hall–Kier alpha value is -3.08. The largest absolute Gasteiger partial charge is 0.454 e. The van der Waals surface area contributed by atoms with Crippen molar-refractivity contribution in [2.24, 2.45) is 0 Å². The highest BCUT2D eigenvalue weighted by Gasteiger charge is 2.18. The zero-order valence-electron chi connectivity index (χ0n) is 14.7. The average Bonchev–Trinajstić information content (AvgIpc) is 3.13. The van der Waals surface area contributed by atoms with Crippen LogP contribution in [-0.2, 0) is 16.0 Å². The summed E-state index contributed by atoms with van der Waals surface area (Å²) >= 11 is 0. The first-order valence-corrected chi connectivity index (χ1v) is 8.48. The first-order chi connectivity index (χ1) is 12.6. The minimum absolute atomic E-state index is 0.198. The predicted octanol–water partition coefficient (Wildman–Crippen LogP) is 3.81. The molecule has 0 amide bonds. The third-order valence-corrected chi connectivity index (χ3v) is 4.12. The number of ketones is 1. The number of hydrogen-bond donors (Lipinski definition) is 0. The van der Waals surface area contributed by atoms with Crippen molar-refractivity contribution >= 4 is 17.8 Å². The molecule has 0 spiro atoms. The number of rotatable bonds is 6. The molecule has 0 radical (unpaired) electrons. The summed E-state index contributed by atoms with van der Waals surface area (Å²) in [4.78, 5) is 24.3. The first-order valence-electron chi connectivity index (χ1n) is 8.48. The van der Waals surface area contributed by atoms with E-state index in [9.17, 15) is 9.59 Å². The first kappa shape index (κ1) is 17.7. The van der Waals surface area contributed by atoms with Gasteiger partial charge in [-0.2, -0.15) is 0 Å². The van der Waals surface area contributed by atoms with Gasteiger partial charge in [-0.25, -0.2) is 4.79 Å². The van der Waals surface area contributed by atoms with E-state index in [4.69, 9.17) is 14.2 Å². The number of hydrogen-bond acceptors (Lipinski definition) is 5. The zero-order valence-corrected chi connectivity index (χ0v) is 14.7. The van der Waals surface area contributed by atoms with Crippen LogP contribution in [0.2, 0.25) is 0 Å². The number of esters is 1. The lowest BCUT2D eigenvalue weighted by molar-refractivity contribution is -0.140. The summed E-state index contributed by atoms with van der Waals surface area (Å²) in [5.41, 5.74) is 2.46. The van der Waals surface area contributed by atoms with Crippen LogP contribution in [-0.4, -0.2) is 24.6 Å². The van der Waals surface area contributed by atoms with Crippen molar-refractivity contribution in [3.63, 3.8) is 0 Å². The molecule has 0 saturated heterocycles. The van der Waals surface area contributed by atoms with Crippen molar-refractivity contribution < 1.29 is 23.8 Å². The molecule has 1 aliphatic heterocycles. The van der Waals surface area contributed by atoms with E-state index in [1.165, 1.54) is 6.08 Å². The molecule has 1 heterocycles. The Morgan fingerprint density at radius 3 is 2.58 bits per heavy atom. The molecule has 5 nitrogen and oxygen atoms in total. The fourth-order valence-electron chi connectivity index (χ4n) is 2.59. The summed E-state index contributed by atoms with van der Waals surface area (Å²) in [5.74, 6) is 0.517. The van der Waals surface area contributed by atoms with Gasteiger partial charge in [-0.05, 0) is 42.7 Å². The van der Waals surface area contributed by atoms with E-state index < -0.39 is 12.1 Å².